The Labute approximate surface area is 104 Å². The lowest BCUT2D eigenvalue weighted by Gasteiger charge is -2.10. The number of carbonyl (C=O) groups excluding carboxylic acids is 2. The van der Waals surface area contributed by atoms with E-state index in [0.29, 0.717) is 18.6 Å². The Kier molecular flexibility index (Phi) is 3.47. The largest absolute Gasteiger partial charge is 0.483 e. The molecule has 96 valence electrons. The van der Waals surface area contributed by atoms with Crippen LogP contribution in [0.3, 0.4) is 0 Å². The van der Waals surface area contributed by atoms with E-state index in [4.69, 9.17) is 10.5 Å². The van der Waals surface area contributed by atoms with Gasteiger partial charge in [-0.25, -0.2) is 4.79 Å². The fourth-order valence-corrected chi connectivity index (χ4v) is 2.05. The number of hydrogen-bond donors (Lipinski definition) is 3. The third-order valence-electron chi connectivity index (χ3n) is 2.82. The van der Waals surface area contributed by atoms with Gasteiger partial charge in [0.2, 0.25) is 0 Å². The second-order valence-electron chi connectivity index (χ2n) is 4.08. The molecule has 6 heteroatoms. The molecule has 2 rings (SSSR count). The molecule has 3 amide bonds. The van der Waals surface area contributed by atoms with Crippen LogP contribution in [0.4, 0.5) is 4.79 Å². The highest BCUT2D eigenvalue weighted by Gasteiger charge is 2.23. The lowest BCUT2D eigenvalue weighted by atomic mass is 10.1. The molecule has 0 aromatic heterocycles. The number of aliphatic hydroxyl groups excluding tert-OH is 1. The average Bonchev–Trinajstić information content (AvgIpc) is 2.68. The van der Waals surface area contributed by atoms with Gasteiger partial charge >= 0.3 is 6.03 Å². The van der Waals surface area contributed by atoms with Gasteiger partial charge in [-0.1, -0.05) is 12.1 Å². The summed E-state index contributed by atoms with van der Waals surface area (Å²) in [4.78, 5) is 21.7. The minimum atomic E-state index is -0.905. The zero-order valence-corrected chi connectivity index (χ0v) is 9.68. The van der Waals surface area contributed by atoms with Gasteiger partial charge in [0, 0.05) is 5.56 Å². The van der Waals surface area contributed by atoms with Crippen molar-refractivity contribution in [3.8, 4) is 5.75 Å². The molecule has 0 saturated carbocycles. The lowest BCUT2D eigenvalue weighted by molar-refractivity contribution is -0.121. The molecule has 4 N–H and O–H groups in total. The SMILES string of the molecule is NC(=O)NC(=O)COc1cccc2c1CCC2O. The van der Waals surface area contributed by atoms with Gasteiger partial charge in [-0.05, 0) is 24.5 Å². The van der Waals surface area contributed by atoms with Gasteiger partial charge in [-0.3, -0.25) is 10.1 Å². The van der Waals surface area contributed by atoms with Crippen molar-refractivity contribution >= 4 is 11.9 Å². The number of ether oxygens (including phenoxy) is 1. The Morgan fingerprint density at radius 2 is 2.28 bits per heavy atom. The first kappa shape index (κ1) is 12.4. The summed E-state index contributed by atoms with van der Waals surface area (Å²) in [7, 11) is 0. The number of benzene rings is 1. The van der Waals surface area contributed by atoms with Crippen LogP contribution in [-0.4, -0.2) is 23.7 Å². The molecule has 1 aromatic rings. The van der Waals surface area contributed by atoms with E-state index >= 15 is 0 Å². The fourth-order valence-electron chi connectivity index (χ4n) is 2.05. The van der Waals surface area contributed by atoms with Crippen LogP contribution in [0, 0.1) is 0 Å². The smallest absolute Gasteiger partial charge is 0.318 e. The number of carbonyl (C=O) groups is 2. The standard InChI is InChI=1S/C12H14N2O4/c13-12(17)14-11(16)6-18-10-3-1-2-7-8(10)4-5-9(7)15/h1-3,9,15H,4-6H2,(H3,13,14,16,17). The predicted molar refractivity (Wildman–Crippen MR) is 62.9 cm³/mol. The number of urea groups is 1. The number of hydrogen-bond acceptors (Lipinski definition) is 4. The van der Waals surface area contributed by atoms with Crippen LogP contribution in [0.5, 0.6) is 5.75 Å². The first-order chi connectivity index (χ1) is 8.58. The summed E-state index contributed by atoms with van der Waals surface area (Å²) < 4.78 is 5.33. The topological polar surface area (TPSA) is 102 Å². The Balaban J connectivity index is 2.03. The molecule has 0 aliphatic heterocycles. The predicted octanol–water partition coefficient (Wildman–Crippen LogP) is 0.240. The summed E-state index contributed by atoms with van der Waals surface area (Å²) in [5, 5.41) is 11.6. The molecule has 0 saturated heterocycles. The monoisotopic (exact) mass is 250 g/mol. The van der Waals surface area contributed by atoms with Gasteiger partial charge in [-0.15, -0.1) is 0 Å². The molecule has 6 nitrogen and oxygen atoms in total. The Bertz CT molecular complexity index is 487. The number of nitrogens with one attached hydrogen (secondary N) is 1. The zero-order chi connectivity index (χ0) is 13.1. The van der Waals surface area contributed by atoms with E-state index in [1.54, 1.807) is 12.1 Å². The molecule has 1 unspecified atom stereocenters. The van der Waals surface area contributed by atoms with Crippen LogP contribution in [0.1, 0.15) is 23.7 Å². The summed E-state index contributed by atoms with van der Waals surface area (Å²) in [5.74, 6) is -0.0395. The normalized spacial score (nSPS) is 17.1. The fraction of sp³-hybridized carbons (Fsp3) is 0.333. The van der Waals surface area contributed by atoms with Gasteiger partial charge in [0.25, 0.3) is 5.91 Å². The summed E-state index contributed by atoms with van der Waals surface area (Å²) in [6.07, 6.45) is 0.899. The van der Waals surface area contributed by atoms with Crippen molar-refractivity contribution in [1.29, 1.82) is 0 Å². The molecule has 0 bridgehead atoms. The maximum Gasteiger partial charge on any atom is 0.318 e. The second-order valence-corrected chi connectivity index (χ2v) is 4.08. The van der Waals surface area contributed by atoms with E-state index in [-0.39, 0.29) is 6.61 Å². The highest BCUT2D eigenvalue weighted by atomic mass is 16.5. The molecule has 0 heterocycles. The van der Waals surface area contributed by atoms with Crippen molar-refractivity contribution in [1.82, 2.24) is 5.32 Å². The highest BCUT2D eigenvalue weighted by Crippen LogP contribution is 2.36. The second kappa shape index (κ2) is 5.05. The first-order valence-corrected chi connectivity index (χ1v) is 5.60. The molecule has 0 radical (unpaired) electrons. The molecule has 18 heavy (non-hydrogen) atoms. The number of amides is 3. The van der Waals surface area contributed by atoms with E-state index in [9.17, 15) is 14.7 Å². The first-order valence-electron chi connectivity index (χ1n) is 5.60. The molecule has 1 aromatic carbocycles. The van der Waals surface area contributed by atoms with Crippen molar-refractivity contribution in [2.75, 3.05) is 6.61 Å². The van der Waals surface area contributed by atoms with Gasteiger partial charge in [0.1, 0.15) is 5.75 Å². The van der Waals surface area contributed by atoms with Crippen LogP contribution in [-0.2, 0) is 11.2 Å². The van der Waals surface area contributed by atoms with Crippen molar-refractivity contribution in [3.63, 3.8) is 0 Å². The van der Waals surface area contributed by atoms with E-state index in [1.165, 1.54) is 0 Å². The zero-order valence-electron chi connectivity index (χ0n) is 9.68. The minimum Gasteiger partial charge on any atom is -0.483 e. The minimum absolute atomic E-state index is 0.282. The summed E-state index contributed by atoms with van der Waals surface area (Å²) >= 11 is 0. The number of primary amides is 1. The number of imide groups is 1. The lowest BCUT2D eigenvalue weighted by Crippen LogP contribution is -2.38. The van der Waals surface area contributed by atoms with Crippen LogP contribution in [0.25, 0.3) is 0 Å². The third-order valence-corrected chi connectivity index (χ3v) is 2.82. The van der Waals surface area contributed by atoms with Crippen LogP contribution in [0.2, 0.25) is 0 Å². The number of nitrogens with two attached hydrogens (primary N) is 1. The molecule has 0 spiro atoms. The number of rotatable bonds is 3. The van der Waals surface area contributed by atoms with E-state index in [2.05, 4.69) is 0 Å². The van der Waals surface area contributed by atoms with Crippen molar-refractivity contribution in [3.05, 3.63) is 29.3 Å². The van der Waals surface area contributed by atoms with E-state index in [0.717, 1.165) is 11.1 Å². The number of aliphatic hydroxyl groups is 1. The van der Waals surface area contributed by atoms with Gasteiger partial charge in [0.15, 0.2) is 6.61 Å². The summed E-state index contributed by atoms with van der Waals surface area (Å²) in [6, 6.07) is 4.42. The van der Waals surface area contributed by atoms with Crippen LogP contribution >= 0.6 is 0 Å². The maximum absolute atomic E-state index is 11.2. The van der Waals surface area contributed by atoms with Crippen LogP contribution < -0.4 is 15.8 Å². The number of fused-ring (bicyclic) bond motifs is 1. The summed E-state index contributed by atoms with van der Waals surface area (Å²) in [5.41, 5.74) is 6.56. The van der Waals surface area contributed by atoms with Gasteiger partial charge in [-0.2, -0.15) is 0 Å². The highest BCUT2D eigenvalue weighted by molar-refractivity contribution is 5.94. The molecule has 1 aliphatic rings. The molecular weight excluding hydrogens is 236 g/mol. The quantitative estimate of drug-likeness (QED) is 0.715. The molecule has 0 fully saturated rings. The molecule has 1 atom stereocenters. The third kappa shape index (κ3) is 2.60. The van der Waals surface area contributed by atoms with Gasteiger partial charge < -0.3 is 15.6 Å². The average molecular weight is 250 g/mol. The molecular formula is C12H14N2O4. The van der Waals surface area contributed by atoms with Crippen molar-refractivity contribution < 1.29 is 19.4 Å². The maximum atomic E-state index is 11.2. The van der Waals surface area contributed by atoms with E-state index < -0.39 is 18.0 Å². The van der Waals surface area contributed by atoms with Gasteiger partial charge in [0.05, 0.1) is 6.10 Å². The Morgan fingerprint density at radius 3 is 3.00 bits per heavy atom. The van der Waals surface area contributed by atoms with Crippen LogP contribution in [0.15, 0.2) is 18.2 Å². The van der Waals surface area contributed by atoms with E-state index in [1.807, 2.05) is 11.4 Å². The summed E-state index contributed by atoms with van der Waals surface area (Å²) in [6.45, 7) is -0.282. The van der Waals surface area contributed by atoms with Crippen molar-refractivity contribution in [2.24, 2.45) is 5.73 Å². The molecule has 1 aliphatic carbocycles. The van der Waals surface area contributed by atoms with Crippen molar-refractivity contribution in [2.45, 2.75) is 18.9 Å². The Morgan fingerprint density at radius 1 is 1.50 bits per heavy atom. The Hall–Kier alpha value is -2.08.